The zero-order chi connectivity index (χ0) is 12.6. The molecule has 0 aliphatic heterocycles. The molecule has 0 atom stereocenters. The molecule has 2 aliphatic rings. The van der Waals surface area contributed by atoms with E-state index in [0.717, 1.165) is 18.2 Å². The highest BCUT2D eigenvalue weighted by molar-refractivity contribution is 5.92. The Morgan fingerprint density at radius 2 is 2.22 bits per heavy atom. The summed E-state index contributed by atoms with van der Waals surface area (Å²) in [5, 5.41) is 6.03. The molecule has 1 aromatic rings. The maximum Gasteiger partial charge on any atom is 0.269 e. The SMILES string of the molecule is CNc1ccc(C(=O)NCC2(C3CC3)CC2)nc1. The number of hydrogen-bond donors (Lipinski definition) is 2. The number of nitrogens with zero attached hydrogens (tertiary/aromatic N) is 1. The lowest BCUT2D eigenvalue weighted by atomic mass is 10.0. The van der Waals surface area contributed by atoms with Crippen LogP contribution in [0.15, 0.2) is 18.3 Å². The van der Waals surface area contributed by atoms with Crippen LogP contribution in [0.2, 0.25) is 0 Å². The zero-order valence-corrected chi connectivity index (χ0v) is 10.7. The maximum absolute atomic E-state index is 12.0. The predicted octanol–water partition coefficient (Wildman–Crippen LogP) is 2.04. The van der Waals surface area contributed by atoms with Crippen LogP contribution in [0.5, 0.6) is 0 Å². The number of pyridine rings is 1. The minimum Gasteiger partial charge on any atom is -0.387 e. The fourth-order valence-electron chi connectivity index (χ4n) is 2.61. The van der Waals surface area contributed by atoms with E-state index in [1.807, 2.05) is 13.1 Å². The van der Waals surface area contributed by atoms with Gasteiger partial charge in [0.05, 0.1) is 11.9 Å². The molecular formula is C14H19N3O. The molecule has 4 nitrogen and oxygen atoms in total. The monoisotopic (exact) mass is 245 g/mol. The Labute approximate surface area is 107 Å². The highest BCUT2D eigenvalue weighted by Crippen LogP contribution is 2.60. The predicted molar refractivity (Wildman–Crippen MR) is 70.5 cm³/mol. The second-order valence-electron chi connectivity index (χ2n) is 5.50. The first kappa shape index (κ1) is 11.5. The molecule has 2 N–H and O–H groups in total. The summed E-state index contributed by atoms with van der Waals surface area (Å²) in [7, 11) is 1.84. The van der Waals surface area contributed by atoms with Crippen LogP contribution in [-0.2, 0) is 0 Å². The molecule has 1 aromatic heterocycles. The molecule has 1 amide bonds. The summed E-state index contributed by atoms with van der Waals surface area (Å²) in [6, 6.07) is 3.63. The normalized spacial score (nSPS) is 20.3. The molecule has 0 unspecified atom stereocenters. The lowest BCUT2D eigenvalue weighted by Gasteiger charge is -2.14. The molecule has 2 fully saturated rings. The number of carbonyl (C=O) groups is 1. The molecule has 2 aliphatic carbocycles. The summed E-state index contributed by atoms with van der Waals surface area (Å²) in [6.07, 6.45) is 6.95. The molecule has 0 aromatic carbocycles. The van der Waals surface area contributed by atoms with Gasteiger partial charge in [0.1, 0.15) is 5.69 Å². The Morgan fingerprint density at radius 1 is 1.44 bits per heavy atom. The lowest BCUT2D eigenvalue weighted by molar-refractivity contribution is 0.0937. The van der Waals surface area contributed by atoms with Crippen molar-refractivity contribution in [3.8, 4) is 0 Å². The fourth-order valence-corrected chi connectivity index (χ4v) is 2.61. The topological polar surface area (TPSA) is 54.0 Å². The van der Waals surface area contributed by atoms with Gasteiger partial charge in [0, 0.05) is 13.6 Å². The van der Waals surface area contributed by atoms with Gasteiger partial charge in [0.2, 0.25) is 0 Å². The standard InChI is InChI=1S/C14H19N3O/c1-15-11-4-5-12(16-8-11)13(18)17-9-14(6-7-14)10-2-3-10/h4-5,8,10,15H,2-3,6-7,9H2,1H3,(H,17,18). The number of hydrogen-bond acceptors (Lipinski definition) is 3. The van der Waals surface area contributed by atoms with Gasteiger partial charge in [-0.2, -0.15) is 0 Å². The quantitative estimate of drug-likeness (QED) is 0.834. The highest BCUT2D eigenvalue weighted by atomic mass is 16.1. The molecule has 96 valence electrons. The van der Waals surface area contributed by atoms with Gasteiger partial charge in [0.25, 0.3) is 5.91 Å². The summed E-state index contributed by atoms with van der Waals surface area (Å²) in [5.41, 5.74) is 1.87. The fraction of sp³-hybridized carbons (Fsp3) is 0.571. The second kappa shape index (κ2) is 4.26. The summed E-state index contributed by atoms with van der Waals surface area (Å²) in [6.45, 7) is 0.825. The summed E-state index contributed by atoms with van der Waals surface area (Å²) in [5.74, 6) is 0.821. The Hall–Kier alpha value is -1.58. The van der Waals surface area contributed by atoms with Crippen molar-refractivity contribution in [2.24, 2.45) is 11.3 Å². The summed E-state index contributed by atoms with van der Waals surface area (Å²) in [4.78, 5) is 16.1. The number of rotatable bonds is 5. The van der Waals surface area contributed by atoms with E-state index in [4.69, 9.17) is 0 Å². The third kappa shape index (κ3) is 2.19. The first-order valence-corrected chi connectivity index (χ1v) is 6.65. The first-order valence-electron chi connectivity index (χ1n) is 6.65. The smallest absolute Gasteiger partial charge is 0.269 e. The molecule has 0 radical (unpaired) electrons. The summed E-state index contributed by atoms with van der Waals surface area (Å²) < 4.78 is 0. The third-order valence-corrected chi connectivity index (χ3v) is 4.22. The minimum atomic E-state index is -0.0513. The molecule has 18 heavy (non-hydrogen) atoms. The van der Waals surface area contributed by atoms with Crippen molar-refractivity contribution < 1.29 is 4.79 Å². The van der Waals surface area contributed by atoms with E-state index < -0.39 is 0 Å². The van der Waals surface area contributed by atoms with Crippen LogP contribution in [0.1, 0.15) is 36.2 Å². The van der Waals surface area contributed by atoms with E-state index >= 15 is 0 Å². The molecule has 0 bridgehead atoms. The van der Waals surface area contributed by atoms with E-state index in [1.54, 1.807) is 12.3 Å². The van der Waals surface area contributed by atoms with Gasteiger partial charge in [-0.1, -0.05) is 0 Å². The largest absolute Gasteiger partial charge is 0.387 e. The zero-order valence-electron chi connectivity index (χ0n) is 10.7. The minimum absolute atomic E-state index is 0.0513. The molecule has 0 spiro atoms. The van der Waals surface area contributed by atoms with Crippen molar-refractivity contribution in [1.29, 1.82) is 0 Å². The van der Waals surface area contributed by atoms with E-state index in [2.05, 4.69) is 15.6 Å². The van der Waals surface area contributed by atoms with Crippen molar-refractivity contribution in [3.63, 3.8) is 0 Å². The van der Waals surface area contributed by atoms with E-state index in [0.29, 0.717) is 11.1 Å². The van der Waals surface area contributed by atoms with Crippen LogP contribution in [0.4, 0.5) is 5.69 Å². The van der Waals surface area contributed by atoms with Gasteiger partial charge in [-0.25, -0.2) is 4.98 Å². The number of nitrogens with one attached hydrogen (secondary N) is 2. The molecule has 2 saturated carbocycles. The van der Waals surface area contributed by atoms with Gasteiger partial charge in [-0.3, -0.25) is 4.79 Å². The third-order valence-electron chi connectivity index (χ3n) is 4.22. The summed E-state index contributed by atoms with van der Waals surface area (Å²) >= 11 is 0. The van der Waals surface area contributed by atoms with Crippen LogP contribution in [0, 0.1) is 11.3 Å². The van der Waals surface area contributed by atoms with Crippen molar-refractivity contribution in [3.05, 3.63) is 24.0 Å². The van der Waals surface area contributed by atoms with Gasteiger partial charge < -0.3 is 10.6 Å². The van der Waals surface area contributed by atoms with Crippen molar-refractivity contribution >= 4 is 11.6 Å². The van der Waals surface area contributed by atoms with Gasteiger partial charge >= 0.3 is 0 Å². The van der Waals surface area contributed by atoms with E-state index in [-0.39, 0.29) is 5.91 Å². The Morgan fingerprint density at radius 3 is 2.72 bits per heavy atom. The molecule has 1 heterocycles. The number of carbonyl (C=O) groups excluding carboxylic acids is 1. The van der Waals surface area contributed by atoms with Crippen molar-refractivity contribution in [2.75, 3.05) is 18.9 Å². The van der Waals surface area contributed by atoms with Crippen molar-refractivity contribution in [1.82, 2.24) is 10.3 Å². The maximum atomic E-state index is 12.0. The molecule has 3 rings (SSSR count). The number of aromatic nitrogens is 1. The Kier molecular flexibility index (Phi) is 2.73. The second-order valence-corrected chi connectivity index (χ2v) is 5.50. The lowest BCUT2D eigenvalue weighted by Crippen LogP contribution is -2.31. The number of anilines is 1. The van der Waals surface area contributed by atoms with Gasteiger partial charge in [-0.05, 0) is 49.1 Å². The average Bonchev–Trinajstić information content (AvgIpc) is 3.28. The molecule has 4 heteroatoms. The van der Waals surface area contributed by atoms with Crippen LogP contribution in [0.25, 0.3) is 0 Å². The first-order chi connectivity index (χ1) is 8.73. The Balaban J connectivity index is 1.57. The van der Waals surface area contributed by atoms with Crippen LogP contribution >= 0.6 is 0 Å². The van der Waals surface area contributed by atoms with Crippen LogP contribution in [-0.4, -0.2) is 24.5 Å². The molecular weight excluding hydrogens is 226 g/mol. The van der Waals surface area contributed by atoms with Gasteiger partial charge in [0.15, 0.2) is 0 Å². The van der Waals surface area contributed by atoms with Crippen LogP contribution < -0.4 is 10.6 Å². The molecule has 0 saturated heterocycles. The highest BCUT2D eigenvalue weighted by Gasteiger charge is 2.53. The van der Waals surface area contributed by atoms with Crippen molar-refractivity contribution in [2.45, 2.75) is 25.7 Å². The van der Waals surface area contributed by atoms with Gasteiger partial charge in [-0.15, -0.1) is 0 Å². The average molecular weight is 245 g/mol. The van der Waals surface area contributed by atoms with E-state index in [1.165, 1.54) is 25.7 Å². The number of amides is 1. The van der Waals surface area contributed by atoms with E-state index in [9.17, 15) is 4.79 Å². The van der Waals surface area contributed by atoms with Crippen LogP contribution in [0.3, 0.4) is 0 Å². The Bertz CT molecular complexity index is 447.